The summed E-state index contributed by atoms with van der Waals surface area (Å²) in [6, 6.07) is 0.0692. The van der Waals surface area contributed by atoms with Gasteiger partial charge in [-0.15, -0.1) is 0 Å². The molecule has 1 saturated heterocycles. The number of piperidine rings is 1. The number of alkyl halides is 3. The molecule has 0 aromatic rings. The molecule has 2 unspecified atom stereocenters. The van der Waals surface area contributed by atoms with Crippen LogP contribution in [0.3, 0.4) is 0 Å². The van der Waals surface area contributed by atoms with Crippen molar-refractivity contribution >= 4 is 5.97 Å². The summed E-state index contributed by atoms with van der Waals surface area (Å²) >= 11 is 0. The highest BCUT2D eigenvalue weighted by molar-refractivity contribution is 5.74. The molecule has 0 bridgehead atoms. The van der Waals surface area contributed by atoms with E-state index in [1.54, 1.807) is 13.8 Å². The second-order valence-corrected chi connectivity index (χ2v) is 6.72. The molecule has 0 aromatic carbocycles. The molecule has 1 rings (SSSR count). The van der Waals surface area contributed by atoms with E-state index in [2.05, 4.69) is 4.90 Å². The van der Waals surface area contributed by atoms with Gasteiger partial charge in [0.1, 0.15) is 0 Å². The second-order valence-electron chi connectivity index (χ2n) is 6.72. The minimum Gasteiger partial charge on any atom is -0.481 e. The van der Waals surface area contributed by atoms with Crippen LogP contribution in [0.5, 0.6) is 0 Å². The Hall–Kier alpha value is -0.780. The van der Waals surface area contributed by atoms with Crippen molar-refractivity contribution in [2.24, 2.45) is 11.3 Å². The minimum absolute atomic E-state index is 0.0498. The van der Waals surface area contributed by atoms with Crippen LogP contribution in [0.15, 0.2) is 0 Å². The summed E-state index contributed by atoms with van der Waals surface area (Å²) in [5.41, 5.74) is -0.787. The lowest BCUT2D eigenvalue weighted by Gasteiger charge is -2.41. The summed E-state index contributed by atoms with van der Waals surface area (Å²) in [6.07, 6.45) is -2.42. The van der Waals surface area contributed by atoms with E-state index in [4.69, 9.17) is 0 Å². The second kappa shape index (κ2) is 6.99. The smallest absolute Gasteiger partial charge is 0.389 e. The van der Waals surface area contributed by atoms with Crippen molar-refractivity contribution < 1.29 is 23.1 Å². The Morgan fingerprint density at radius 2 is 2.00 bits per heavy atom. The van der Waals surface area contributed by atoms with Crippen molar-refractivity contribution in [3.05, 3.63) is 0 Å². The number of carbonyl (C=O) groups is 1. The van der Waals surface area contributed by atoms with Crippen molar-refractivity contribution in [1.29, 1.82) is 0 Å². The zero-order chi connectivity index (χ0) is 16.3. The minimum atomic E-state index is -4.09. The number of carboxylic acids is 1. The van der Waals surface area contributed by atoms with E-state index in [-0.39, 0.29) is 18.4 Å². The Morgan fingerprint density at radius 3 is 2.52 bits per heavy atom. The van der Waals surface area contributed by atoms with Crippen LogP contribution in [0.25, 0.3) is 0 Å². The molecule has 3 nitrogen and oxygen atoms in total. The zero-order valence-electron chi connectivity index (χ0n) is 13.0. The van der Waals surface area contributed by atoms with Gasteiger partial charge in [-0.05, 0) is 58.9 Å². The van der Waals surface area contributed by atoms with Crippen LogP contribution in [0.2, 0.25) is 0 Å². The number of aliphatic carboxylic acids is 1. The lowest BCUT2D eigenvalue weighted by molar-refractivity contribution is -0.152. The average molecular weight is 309 g/mol. The number of hydrogen-bond donors (Lipinski definition) is 1. The molecule has 0 spiro atoms. The fourth-order valence-electron chi connectivity index (χ4n) is 2.95. The zero-order valence-corrected chi connectivity index (χ0v) is 13.0. The Labute approximate surface area is 124 Å². The molecular weight excluding hydrogens is 283 g/mol. The Balaban J connectivity index is 2.50. The highest BCUT2D eigenvalue weighted by Gasteiger charge is 2.39. The Kier molecular flexibility index (Phi) is 6.08. The van der Waals surface area contributed by atoms with Crippen LogP contribution >= 0.6 is 0 Å². The maximum absolute atomic E-state index is 12.2. The Morgan fingerprint density at radius 1 is 1.38 bits per heavy atom. The molecule has 2 atom stereocenters. The van der Waals surface area contributed by atoms with Crippen molar-refractivity contribution in [2.75, 3.05) is 13.1 Å². The standard InChI is InChI=1S/C15H26F3NO2/c1-11(6-4-8-15(16,17)18)19-9-5-7-12(10-19)14(2,3)13(20)21/h11-12H,4-10H2,1-3H3,(H,20,21). The summed E-state index contributed by atoms with van der Waals surface area (Å²) in [6.45, 7) is 6.91. The van der Waals surface area contributed by atoms with E-state index in [9.17, 15) is 23.1 Å². The topological polar surface area (TPSA) is 40.5 Å². The van der Waals surface area contributed by atoms with Crippen LogP contribution in [0.4, 0.5) is 13.2 Å². The molecule has 0 aliphatic carbocycles. The normalized spacial score (nSPS) is 23.0. The third-order valence-corrected chi connectivity index (χ3v) is 4.73. The molecule has 0 radical (unpaired) electrons. The fourth-order valence-corrected chi connectivity index (χ4v) is 2.95. The summed E-state index contributed by atoms with van der Waals surface area (Å²) in [5.74, 6) is -0.757. The quantitative estimate of drug-likeness (QED) is 0.808. The average Bonchev–Trinajstić information content (AvgIpc) is 2.37. The fraction of sp³-hybridized carbons (Fsp3) is 0.933. The third kappa shape index (κ3) is 5.49. The van der Waals surface area contributed by atoms with Crippen molar-refractivity contribution in [3.63, 3.8) is 0 Å². The van der Waals surface area contributed by atoms with E-state index in [1.807, 2.05) is 6.92 Å². The molecule has 21 heavy (non-hydrogen) atoms. The first-order chi connectivity index (χ1) is 9.54. The molecule has 6 heteroatoms. The van der Waals surface area contributed by atoms with Crippen molar-refractivity contribution in [2.45, 2.75) is 65.1 Å². The number of hydrogen-bond acceptors (Lipinski definition) is 2. The number of rotatable bonds is 6. The van der Waals surface area contributed by atoms with E-state index < -0.39 is 24.0 Å². The first-order valence-corrected chi connectivity index (χ1v) is 7.58. The summed E-state index contributed by atoms with van der Waals surface area (Å²) in [7, 11) is 0. The van der Waals surface area contributed by atoms with Gasteiger partial charge in [-0.1, -0.05) is 0 Å². The van der Waals surface area contributed by atoms with Gasteiger partial charge in [0.2, 0.25) is 0 Å². The van der Waals surface area contributed by atoms with Crippen LogP contribution in [-0.4, -0.2) is 41.3 Å². The molecule has 1 N–H and O–H groups in total. The van der Waals surface area contributed by atoms with E-state index in [0.29, 0.717) is 13.0 Å². The van der Waals surface area contributed by atoms with Gasteiger partial charge in [0, 0.05) is 19.0 Å². The highest BCUT2D eigenvalue weighted by Crippen LogP contribution is 2.35. The molecule has 0 saturated carbocycles. The number of carboxylic acid groups (broad SMARTS) is 1. The number of likely N-dealkylation sites (tertiary alicyclic amines) is 1. The molecule has 1 aliphatic rings. The maximum Gasteiger partial charge on any atom is 0.389 e. The van der Waals surface area contributed by atoms with Gasteiger partial charge in [0.15, 0.2) is 0 Å². The largest absolute Gasteiger partial charge is 0.481 e. The SMILES string of the molecule is CC(CCCC(F)(F)F)N1CCCC(C(C)(C)C(=O)O)C1. The van der Waals surface area contributed by atoms with Gasteiger partial charge in [0.25, 0.3) is 0 Å². The van der Waals surface area contributed by atoms with Crippen LogP contribution in [0.1, 0.15) is 52.9 Å². The third-order valence-electron chi connectivity index (χ3n) is 4.73. The van der Waals surface area contributed by atoms with Gasteiger partial charge in [0.05, 0.1) is 5.41 Å². The van der Waals surface area contributed by atoms with Gasteiger partial charge >= 0.3 is 12.1 Å². The first-order valence-electron chi connectivity index (χ1n) is 7.58. The van der Waals surface area contributed by atoms with E-state index >= 15 is 0 Å². The molecule has 0 aromatic heterocycles. The van der Waals surface area contributed by atoms with Crippen molar-refractivity contribution in [3.8, 4) is 0 Å². The van der Waals surface area contributed by atoms with Crippen LogP contribution < -0.4 is 0 Å². The summed E-state index contributed by atoms with van der Waals surface area (Å²) < 4.78 is 36.5. The van der Waals surface area contributed by atoms with Gasteiger partial charge in [-0.3, -0.25) is 4.79 Å². The van der Waals surface area contributed by atoms with Crippen molar-refractivity contribution in [1.82, 2.24) is 4.90 Å². The highest BCUT2D eigenvalue weighted by atomic mass is 19.4. The molecule has 1 fully saturated rings. The molecule has 0 amide bonds. The first kappa shape index (κ1) is 18.3. The predicted octanol–water partition coefficient (Wildman–Crippen LogP) is 3.93. The monoisotopic (exact) mass is 309 g/mol. The van der Waals surface area contributed by atoms with Gasteiger partial charge in [-0.2, -0.15) is 13.2 Å². The molecule has 1 heterocycles. The summed E-state index contributed by atoms with van der Waals surface area (Å²) in [5, 5.41) is 9.31. The lowest BCUT2D eigenvalue weighted by Crippen LogP contribution is -2.47. The van der Waals surface area contributed by atoms with Gasteiger partial charge < -0.3 is 10.0 Å². The van der Waals surface area contributed by atoms with Crippen LogP contribution in [0, 0.1) is 11.3 Å². The van der Waals surface area contributed by atoms with E-state index in [1.165, 1.54) is 0 Å². The predicted molar refractivity (Wildman–Crippen MR) is 75.1 cm³/mol. The number of nitrogens with zero attached hydrogens (tertiary/aromatic N) is 1. The number of halogens is 3. The van der Waals surface area contributed by atoms with Gasteiger partial charge in [-0.25, -0.2) is 0 Å². The van der Waals surface area contributed by atoms with Crippen LogP contribution in [-0.2, 0) is 4.79 Å². The molecule has 124 valence electrons. The molecule has 1 aliphatic heterocycles. The molecular formula is C15H26F3NO2. The maximum atomic E-state index is 12.2. The van der Waals surface area contributed by atoms with E-state index in [0.717, 1.165) is 19.4 Å². The summed E-state index contributed by atoms with van der Waals surface area (Å²) in [4.78, 5) is 13.5. The lowest BCUT2D eigenvalue weighted by atomic mass is 9.74. The Bertz CT molecular complexity index is 355.